The van der Waals surface area contributed by atoms with Gasteiger partial charge >= 0.3 is 0 Å². The number of carbonyl (C=O) groups is 1. The third kappa shape index (κ3) is 3.71. The van der Waals surface area contributed by atoms with Crippen molar-refractivity contribution in [3.05, 3.63) is 78.0 Å². The van der Waals surface area contributed by atoms with Crippen LogP contribution in [0.1, 0.15) is 21.7 Å². The first-order valence-electron chi connectivity index (χ1n) is 9.52. The molecular formula is C22H22FN5OS. The Balaban J connectivity index is 1.70. The maximum Gasteiger partial charge on any atom is 0.256 e. The average Bonchev–Trinajstić information content (AvgIpc) is 3.32. The van der Waals surface area contributed by atoms with Gasteiger partial charge in [-0.2, -0.15) is 0 Å². The fourth-order valence-electron chi connectivity index (χ4n) is 3.59. The number of imidazole rings is 1. The molecule has 3 heterocycles. The highest BCUT2D eigenvalue weighted by molar-refractivity contribution is 7.13. The van der Waals surface area contributed by atoms with Crippen molar-refractivity contribution in [3.8, 4) is 16.4 Å². The van der Waals surface area contributed by atoms with Gasteiger partial charge in [-0.1, -0.05) is 12.2 Å². The van der Waals surface area contributed by atoms with Crippen LogP contribution in [0.25, 0.3) is 16.4 Å². The lowest BCUT2D eigenvalue weighted by molar-refractivity contribution is 0.0787. The Bertz CT molecular complexity index is 1110. The van der Waals surface area contributed by atoms with Crippen LogP contribution < -0.4 is 0 Å². The van der Waals surface area contributed by atoms with Crippen molar-refractivity contribution in [2.45, 2.75) is 13.1 Å². The second kappa shape index (κ2) is 8.33. The van der Waals surface area contributed by atoms with E-state index >= 15 is 0 Å². The Kier molecular flexibility index (Phi) is 5.61. The predicted molar refractivity (Wildman–Crippen MR) is 116 cm³/mol. The molecule has 0 N–H and O–H groups in total. The van der Waals surface area contributed by atoms with Crippen LogP contribution >= 0.6 is 11.3 Å². The molecule has 0 unspecified atom stereocenters. The normalized spacial score (nSPS) is 13.2. The number of rotatable bonds is 7. The van der Waals surface area contributed by atoms with Crippen molar-refractivity contribution in [1.29, 1.82) is 0 Å². The molecule has 0 radical (unpaired) electrons. The van der Waals surface area contributed by atoms with Gasteiger partial charge in [0.15, 0.2) is 0 Å². The molecule has 154 valence electrons. The molecule has 30 heavy (non-hydrogen) atoms. The number of hydrogen-bond acceptors (Lipinski definition) is 5. The zero-order chi connectivity index (χ0) is 21.3. The molecule has 4 rings (SSSR count). The fourth-order valence-corrected chi connectivity index (χ4v) is 4.42. The lowest BCUT2D eigenvalue weighted by Crippen LogP contribution is -2.25. The van der Waals surface area contributed by atoms with Crippen LogP contribution in [0, 0.1) is 5.82 Å². The summed E-state index contributed by atoms with van der Waals surface area (Å²) in [6.07, 6.45) is 5.40. The van der Waals surface area contributed by atoms with Crippen LogP contribution in [0.15, 0.2) is 55.2 Å². The lowest BCUT2D eigenvalue weighted by atomic mass is 10.1. The Labute approximate surface area is 178 Å². The summed E-state index contributed by atoms with van der Waals surface area (Å²) in [5.41, 5.74) is 3.48. The van der Waals surface area contributed by atoms with Crippen LogP contribution in [-0.2, 0) is 13.1 Å². The van der Waals surface area contributed by atoms with Crippen molar-refractivity contribution in [2.75, 3.05) is 20.1 Å². The van der Waals surface area contributed by atoms with Gasteiger partial charge < -0.3 is 4.90 Å². The Morgan fingerprint density at radius 1 is 1.30 bits per heavy atom. The minimum Gasteiger partial charge on any atom is -0.336 e. The summed E-state index contributed by atoms with van der Waals surface area (Å²) < 4.78 is 15.6. The number of carbonyl (C=O) groups excluding carboxylic acids is 1. The third-order valence-electron chi connectivity index (χ3n) is 4.96. The molecule has 0 fully saturated rings. The Morgan fingerprint density at radius 2 is 2.07 bits per heavy atom. The summed E-state index contributed by atoms with van der Waals surface area (Å²) in [5, 5.41) is 2.82. The number of benzene rings is 1. The molecule has 3 aromatic rings. The van der Waals surface area contributed by atoms with E-state index in [-0.39, 0.29) is 5.91 Å². The van der Waals surface area contributed by atoms with Crippen LogP contribution in [0.5, 0.6) is 0 Å². The molecule has 1 amide bonds. The lowest BCUT2D eigenvalue weighted by Gasteiger charge is -2.16. The fraction of sp³-hybridized carbons (Fsp3) is 0.227. The van der Waals surface area contributed by atoms with Gasteiger partial charge in [-0.3, -0.25) is 14.3 Å². The molecule has 0 spiro atoms. The Morgan fingerprint density at radius 3 is 2.80 bits per heavy atom. The van der Waals surface area contributed by atoms with E-state index in [1.807, 2.05) is 22.1 Å². The van der Waals surface area contributed by atoms with Gasteiger partial charge in [-0.05, 0) is 18.2 Å². The van der Waals surface area contributed by atoms with Crippen molar-refractivity contribution < 1.29 is 9.18 Å². The minimum atomic E-state index is -0.438. The van der Waals surface area contributed by atoms with E-state index in [2.05, 4.69) is 23.0 Å². The largest absolute Gasteiger partial charge is 0.336 e. The van der Waals surface area contributed by atoms with Gasteiger partial charge in [0.05, 0.1) is 29.2 Å². The Hall–Kier alpha value is -3.10. The van der Waals surface area contributed by atoms with Crippen molar-refractivity contribution in [2.24, 2.45) is 0 Å². The van der Waals surface area contributed by atoms with Crippen molar-refractivity contribution in [1.82, 2.24) is 24.3 Å². The molecule has 0 bridgehead atoms. The van der Waals surface area contributed by atoms with E-state index in [0.29, 0.717) is 24.3 Å². The minimum absolute atomic E-state index is 0.219. The molecule has 6 nitrogen and oxygen atoms in total. The van der Waals surface area contributed by atoms with E-state index in [9.17, 15) is 9.18 Å². The number of amides is 1. The number of halogens is 1. The topological polar surface area (TPSA) is 54.3 Å². The maximum absolute atomic E-state index is 13.8. The number of thiazole rings is 1. The number of fused-ring (bicyclic) bond motifs is 3. The monoisotopic (exact) mass is 423 g/mol. The van der Waals surface area contributed by atoms with Crippen LogP contribution in [-0.4, -0.2) is 50.4 Å². The summed E-state index contributed by atoms with van der Waals surface area (Å²) in [6, 6.07) is 4.25. The third-order valence-corrected chi connectivity index (χ3v) is 5.86. The van der Waals surface area contributed by atoms with Crippen LogP contribution in [0.3, 0.4) is 0 Å². The second-order valence-corrected chi connectivity index (χ2v) is 8.01. The van der Waals surface area contributed by atoms with Gasteiger partial charge in [0.2, 0.25) is 0 Å². The quantitative estimate of drug-likeness (QED) is 0.541. The predicted octanol–water partition coefficient (Wildman–Crippen LogP) is 3.89. The second-order valence-electron chi connectivity index (χ2n) is 7.15. The van der Waals surface area contributed by atoms with E-state index in [1.165, 1.54) is 23.5 Å². The summed E-state index contributed by atoms with van der Waals surface area (Å²) in [7, 11) is 1.71. The summed E-state index contributed by atoms with van der Waals surface area (Å²) in [6.45, 7) is 10.1. The number of nitrogens with zero attached hydrogens (tertiary/aromatic N) is 5. The van der Waals surface area contributed by atoms with Crippen molar-refractivity contribution >= 4 is 17.2 Å². The van der Waals surface area contributed by atoms with E-state index in [4.69, 9.17) is 4.98 Å². The summed E-state index contributed by atoms with van der Waals surface area (Å²) >= 11 is 1.52. The van der Waals surface area contributed by atoms with Crippen molar-refractivity contribution in [3.63, 3.8) is 0 Å². The van der Waals surface area contributed by atoms with Crippen LogP contribution in [0.4, 0.5) is 4.39 Å². The smallest absolute Gasteiger partial charge is 0.256 e. The van der Waals surface area contributed by atoms with Gasteiger partial charge in [0.25, 0.3) is 5.91 Å². The molecule has 2 aromatic heterocycles. The molecule has 0 saturated heterocycles. The summed E-state index contributed by atoms with van der Waals surface area (Å²) in [5.74, 6) is -0.657. The molecule has 1 aliphatic heterocycles. The SMILES string of the molecule is C=CCN(CC=C)Cc1csc(-c2ncn3c2CN(C)C(=O)c2cc(F)ccc2-3)n1. The first-order valence-corrected chi connectivity index (χ1v) is 10.4. The van der Waals surface area contributed by atoms with Crippen LogP contribution in [0.2, 0.25) is 0 Å². The zero-order valence-corrected chi connectivity index (χ0v) is 17.5. The molecule has 1 aromatic carbocycles. The van der Waals surface area contributed by atoms with E-state index in [0.717, 1.165) is 35.2 Å². The highest BCUT2D eigenvalue weighted by atomic mass is 32.1. The molecule has 0 atom stereocenters. The highest BCUT2D eigenvalue weighted by Crippen LogP contribution is 2.32. The molecule has 0 saturated carbocycles. The standard InChI is InChI=1S/C22H22FN5OS/c1-4-8-27(9-5-2)11-16-13-30-21(25-16)20-19-12-26(3)22(29)17-10-15(23)6-7-18(17)28(19)14-24-20/h4-7,10,13-14H,1-2,8-9,11-12H2,3H3. The van der Waals surface area contributed by atoms with Gasteiger partial charge in [0.1, 0.15) is 22.8 Å². The number of aromatic nitrogens is 3. The number of hydrogen-bond donors (Lipinski definition) is 0. The average molecular weight is 424 g/mol. The zero-order valence-electron chi connectivity index (χ0n) is 16.7. The first-order chi connectivity index (χ1) is 14.5. The summed E-state index contributed by atoms with van der Waals surface area (Å²) in [4.78, 5) is 25.9. The first kappa shape index (κ1) is 20.2. The van der Waals surface area contributed by atoms with Gasteiger partial charge in [-0.15, -0.1) is 24.5 Å². The molecular weight excluding hydrogens is 401 g/mol. The maximum atomic E-state index is 13.8. The molecule has 0 aliphatic carbocycles. The van der Waals surface area contributed by atoms with E-state index in [1.54, 1.807) is 24.3 Å². The van der Waals surface area contributed by atoms with E-state index < -0.39 is 5.82 Å². The van der Waals surface area contributed by atoms with Gasteiger partial charge in [0, 0.05) is 32.1 Å². The molecule has 8 heteroatoms. The van der Waals surface area contributed by atoms with Gasteiger partial charge in [-0.25, -0.2) is 14.4 Å². The molecule has 1 aliphatic rings. The highest BCUT2D eigenvalue weighted by Gasteiger charge is 2.28.